The Morgan fingerprint density at radius 3 is 2.41 bits per heavy atom. The first-order chi connectivity index (χ1) is 13.7. The monoisotopic (exact) mass is 431 g/mol. The van der Waals surface area contributed by atoms with Crippen molar-refractivity contribution >= 4 is 22.5 Å². The number of ether oxygens (including phenoxy) is 2. The molecule has 0 saturated heterocycles. The number of benzene rings is 1. The molecule has 29 heavy (non-hydrogen) atoms. The van der Waals surface area contributed by atoms with Gasteiger partial charge in [-0.2, -0.15) is 13.2 Å². The maximum Gasteiger partial charge on any atom is 0.418 e. The van der Waals surface area contributed by atoms with Gasteiger partial charge >= 0.3 is 6.18 Å². The number of aromatic nitrogens is 1. The van der Waals surface area contributed by atoms with Crippen LogP contribution in [0.15, 0.2) is 29.8 Å². The van der Waals surface area contributed by atoms with Crippen LogP contribution in [0.25, 0.3) is 10.9 Å². The van der Waals surface area contributed by atoms with Crippen LogP contribution in [0, 0.1) is 6.92 Å². The molecule has 0 radical (unpaired) electrons. The van der Waals surface area contributed by atoms with Gasteiger partial charge < -0.3 is 14.0 Å². The van der Waals surface area contributed by atoms with Crippen LogP contribution in [0.2, 0.25) is 5.02 Å². The molecule has 0 aliphatic rings. The van der Waals surface area contributed by atoms with Crippen LogP contribution < -0.4 is 10.3 Å². The molecule has 4 nitrogen and oxygen atoms in total. The van der Waals surface area contributed by atoms with E-state index in [2.05, 4.69) is 6.58 Å². The van der Waals surface area contributed by atoms with Crippen LogP contribution in [-0.2, 0) is 17.5 Å². The summed E-state index contributed by atoms with van der Waals surface area (Å²) in [5, 5.41) is 0.189. The average molecular weight is 432 g/mol. The lowest BCUT2D eigenvalue weighted by Crippen LogP contribution is -2.24. The van der Waals surface area contributed by atoms with Crippen LogP contribution in [0.5, 0.6) is 5.75 Å². The molecule has 0 spiro atoms. The number of nitrogens with zero attached hydrogens (tertiary/aromatic N) is 1. The Hall–Kier alpha value is -2.15. The van der Waals surface area contributed by atoms with E-state index in [0.717, 1.165) is 29.9 Å². The van der Waals surface area contributed by atoms with Crippen molar-refractivity contribution in [3.8, 4) is 5.75 Å². The Morgan fingerprint density at radius 2 is 1.83 bits per heavy atom. The maximum absolute atomic E-state index is 13.7. The van der Waals surface area contributed by atoms with Crippen LogP contribution in [0.3, 0.4) is 0 Å². The molecule has 1 aromatic heterocycles. The largest absolute Gasteiger partial charge is 0.502 e. The Kier molecular flexibility index (Phi) is 8.02. The summed E-state index contributed by atoms with van der Waals surface area (Å²) in [5.41, 5.74) is -1.37. The predicted molar refractivity (Wildman–Crippen MR) is 109 cm³/mol. The molecular formula is C21H25ClF3NO3. The van der Waals surface area contributed by atoms with Gasteiger partial charge in [-0.3, -0.25) is 4.79 Å². The van der Waals surface area contributed by atoms with Gasteiger partial charge in [0.2, 0.25) is 0 Å². The van der Waals surface area contributed by atoms with E-state index in [0.29, 0.717) is 25.2 Å². The smallest absolute Gasteiger partial charge is 0.418 e. The van der Waals surface area contributed by atoms with Crippen molar-refractivity contribution in [3.05, 3.63) is 51.5 Å². The van der Waals surface area contributed by atoms with E-state index < -0.39 is 17.3 Å². The topological polar surface area (TPSA) is 40.5 Å². The summed E-state index contributed by atoms with van der Waals surface area (Å²) in [6.07, 6.45) is 0.161. The van der Waals surface area contributed by atoms with Crippen molar-refractivity contribution in [3.63, 3.8) is 0 Å². The van der Waals surface area contributed by atoms with E-state index >= 15 is 0 Å². The summed E-state index contributed by atoms with van der Waals surface area (Å²) in [5.74, 6) is 0.111. The summed E-state index contributed by atoms with van der Waals surface area (Å²) in [6, 6.07) is 2.48. The molecule has 0 aliphatic carbocycles. The Labute approximate surface area is 172 Å². The molecule has 0 amide bonds. The number of pyridine rings is 1. The molecule has 0 atom stereocenters. The zero-order valence-electron chi connectivity index (χ0n) is 16.6. The Bertz CT molecular complexity index is 922. The lowest BCUT2D eigenvalue weighted by atomic mass is 10.0. The van der Waals surface area contributed by atoms with E-state index in [9.17, 15) is 18.0 Å². The molecule has 0 saturated carbocycles. The molecule has 1 heterocycles. The second-order valence-corrected chi connectivity index (χ2v) is 7.03. The summed E-state index contributed by atoms with van der Waals surface area (Å²) in [4.78, 5) is 12.4. The molecular weight excluding hydrogens is 407 g/mol. The molecule has 0 N–H and O–H groups in total. The highest BCUT2D eigenvalue weighted by Gasteiger charge is 2.35. The zero-order chi connectivity index (χ0) is 21.6. The molecule has 1 aromatic carbocycles. The molecule has 2 aromatic rings. The van der Waals surface area contributed by atoms with E-state index in [4.69, 9.17) is 21.1 Å². The van der Waals surface area contributed by atoms with Crippen molar-refractivity contribution in [2.45, 2.75) is 52.3 Å². The standard InChI is InChI=1S/C21H25ClF3NO3/c1-4-26-19-16(14(3)18(22)20(26)27)12-15(13-17(19)21(23,24)25)29-11-9-7-6-8-10-28-5-2/h5,12-13H,2,4,6-11H2,1,3H3. The van der Waals surface area contributed by atoms with Gasteiger partial charge in [0.25, 0.3) is 5.56 Å². The van der Waals surface area contributed by atoms with Gasteiger partial charge in [0, 0.05) is 11.9 Å². The first-order valence-corrected chi connectivity index (χ1v) is 9.89. The lowest BCUT2D eigenvalue weighted by Gasteiger charge is -2.19. The van der Waals surface area contributed by atoms with Crippen molar-refractivity contribution in [2.24, 2.45) is 0 Å². The number of aryl methyl sites for hydroxylation is 2. The second kappa shape index (κ2) is 10.1. The fraction of sp³-hybridized carbons (Fsp3) is 0.476. The summed E-state index contributed by atoms with van der Waals surface area (Å²) >= 11 is 6.09. The molecule has 2 rings (SSSR count). The molecule has 0 unspecified atom stereocenters. The van der Waals surface area contributed by atoms with E-state index in [1.165, 1.54) is 12.3 Å². The van der Waals surface area contributed by atoms with Crippen LogP contribution >= 0.6 is 11.6 Å². The number of alkyl halides is 3. The highest BCUT2D eigenvalue weighted by molar-refractivity contribution is 6.32. The van der Waals surface area contributed by atoms with Crippen LogP contribution in [0.1, 0.15) is 43.7 Å². The fourth-order valence-electron chi connectivity index (χ4n) is 3.20. The lowest BCUT2D eigenvalue weighted by molar-refractivity contribution is -0.136. The summed E-state index contributed by atoms with van der Waals surface area (Å²) in [7, 11) is 0. The number of hydrogen-bond acceptors (Lipinski definition) is 3. The van der Waals surface area contributed by atoms with Gasteiger partial charge in [0.05, 0.1) is 30.6 Å². The van der Waals surface area contributed by atoms with Gasteiger partial charge in [-0.15, -0.1) is 0 Å². The average Bonchev–Trinajstić information content (AvgIpc) is 2.68. The second-order valence-electron chi connectivity index (χ2n) is 6.65. The summed E-state index contributed by atoms with van der Waals surface area (Å²) < 4.78 is 52.9. The van der Waals surface area contributed by atoms with Crippen LogP contribution in [0.4, 0.5) is 13.2 Å². The Morgan fingerprint density at radius 1 is 1.17 bits per heavy atom. The number of hydrogen-bond donors (Lipinski definition) is 0. The highest BCUT2D eigenvalue weighted by atomic mass is 35.5. The number of halogens is 4. The quantitative estimate of drug-likeness (QED) is 0.337. The van der Waals surface area contributed by atoms with E-state index in [-0.39, 0.29) is 28.2 Å². The fourth-order valence-corrected chi connectivity index (χ4v) is 3.40. The van der Waals surface area contributed by atoms with Gasteiger partial charge in [0.15, 0.2) is 0 Å². The molecule has 0 fully saturated rings. The van der Waals surface area contributed by atoms with Crippen molar-refractivity contribution in [2.75, 3.05) is 13.2 Å². The Balaban J connectivity index is 2.29. The molecule has 0 aliphatic heterocycles. The minimum Gasteiger partial charge on any atom is -0.502 e. The minimum atomic E-state index is -4.63. The molecule has 8 heteroatoms. The minimum absolute atomic E-state index is 0.0774. The third-order valence-corrected chi connectivity index (χ3v) is 5.13. The van der Waals surface area contributed by atoms with Crippen molar-refractivity contribution in [1.82, 2.24) is 4.57 Å². The number of fused-ring (bicyclic) bond motifs is 1. The third kappa shape index (κ3) is 5.47. The third-order valence-electron chi connectivity index (χ3n) is 4.68. The summed E-state index contributed by atoms with van der Waals surface area (Å²) in [6.45, 7) is 7.59. The van der Waals surface area contributed by atoms with Gasteiger partial charge in [-0.25, -0.2) is 0 Å². The molecule has 160 valence electrons. The van der Waals surface area contributed by atoms with Gasteiger partial charge in [0.1, 0.15) is 10.8 Å². The first-order valence-electron chi connectivity index (χ1n) is 9.51. The molecule has 0 bridgehead atoms. The number of unbranched alkanes of at least 4 members (excludes halogenated alkanes) is 3. The van der Waals surface area contributed by atoms with Gasteiger partial charge in [-0.1, -0.05) is 18.2 Å². The normalized spacial score (nSPS) is 11.7. The van der Waals surface area contributed by atoms with Gasteiger partial charge in [-0.05, 0) is 57.2 Å². The first kappa shape index (κ1) is 23.1. The van der Waals surface area contributed by atoms with E-state index in [1.54, 1.807) is 13.8 Å². The highest BCUT2D eigenvalue weighted by Crippen LogP contribution is 2.39. The van der Waals surface area contributed by atoms with Crippen LogP contribution in [-0.4, -0.2) is 17.8 Å². The van der Waals surface area contributed by atoms with Crippen molar-refractivity contribution < 1.29 is 22.6 Å². The number of rotatable bonds is 10. The predicted octanol–water partition coefficient (Wildman–Crippen LogP) is 6.10. The van der Waals surface area contributed by atoms with E-state index in [1.807, 2.05) is 0 Å². The van der Waals surface area contributed by atoms with Crippen molar-refractivity contribution in [1.29, 1.82) is 0 Å². The SMILES string of the molecule is C=COCCCCCCOc1cc(C(F)(F)F)c2c(c1)c(C)c(Cl)c(=O)n2CC. The zero-order valence-corrected chi connectivity index (χ0v) is 17.3. The maximum atomic E-state index is 13.7.